The first-order valence-corrected chi connectivity index (χ1v) is 11.0. The van der Waals surface area contributed by atoms with E-state index in [0.717, 1.165) is 26.9 Å². The molecule has 178 valence electrons. The number of carbonyl (C=O) groups excluding carboxylic acids is 4. The van der Waals surface area contributed by atoms with Gasteiger partial charge in [0.05, 0.1) is 18.2 Å². The molecule has 0 saturated heterocycles. The molecule has 0 saturated carbocycles. The molecule has 1 aliphatic heterocycles. The van der Waals surface area contributed by atoms with Crippen LogP contribution in [0.2, 0.25) is 0 Å². The molecular weight excluding hydrogens is 450 g/mol. The average molecular weight is 473 g/mol. The molecule has 2 aromatic carbocycles. The van der Waals surface area contributed by atoms with Gasteiger partial charge in [0.1, 0.15) is 6.04 Å². The molecule has 0 radical (unpaired) electrons. The van der Waals surface area contributed by atoms with E-state index in [0.29, 0.717) is 12.8 Å². The van der Waals surface area contributed by atoms with Crippen molar-refractivity contribution >= 4 is 34.6 Å². The highest BCUT2D eigenvalue weighted by atomic mass is 16.5. The Kier molecular flexibility index (Phi) is 6.94. The van der Waals surface area contributed by atoms with Crippen molar-refractivity contribution in [2.45, 2.75) is 31.7 Å². The molecule has 0 spiro atoms. The molecule has 9 heteroatoms. The summed E-state index contributed by atoms with van der Waals surface area (Å²) in [5, 5.41) is 9.33. The maximum Gasteiger partial charge on any atom is 0.329 e. The number of hydrogen-bond acceptors (Lipinski definition) is 6. The lowest BCUT2D eigenvalue weighted by Gasteiger charge is -2.23. The van der Waals surface area contributed by atoms with E-state index >= 15 is 0 Å². The summed E-state index contributed by atoms with van der Waals surface area (Å²) in [6.45, 7) is 0. The zero-order valence-electron chi connectivity index (χ0n) is 19.0. The number of nitrogens with zero attached hydrogens (tertiary/aromatic N) is 1. The lowest BCUT2D eigenvalue weighted by atomic mass is 10.0. The minimum atomic E-state index is -1.11. The third-order valence-electron chi connectivity index (χ3n) is 5.85. The highest BCUT2D eigenvalue weighted by Crippen LogP contribution is 2.28. The van der Waals surface area contributed by atoms with Crippen molar-refractivity contribution in [3.05, 3.63) is 70.9 Å². The summed E-state index contributed by atoms with van der Waals surface area (Å²) in [5.41, 5.74) is 4.43. The van der Waals surface area contributed by atoms with E-state index in [4.69, 9.17) is 9.94 Å². The Labute approximate surface area is 201 Å². The first-order chi connectivity index (χ1) is 16.9. The van der Waals surface area contributed by atoms with Gasteiger partial charge in [-0.3, -0.25) is 24.5 Å². The Hall–Kier alpha value is -4.42. The van der Waals surface area contributed by atoms with Gasteiger partial charge in [-0.2, -0.15) is 0 Å². The summed E-state index contributed by atoms with van der Waals surface area (Å²) in [7, 11) is 1.23. The van der Waals surface area contributed by atoms with Crippen LogP contribution in [-0.4, -0.2) is 51.9 Å². The maximum atomic E-state index is 12.9. The minimum absolute atomic E-state index is 0.0933. The van der Waals surface area contributed by atoms with E-state index in [1.54, 1.807) is 35.9 Å². The van der Waals surface area contributed by atoms with Gasteiger partial charge in [-0.1, -0.05) is 30.0 Å². The Balaban J connectivity index is 1.54. The van der Waals surface area contributed by atoms with Gasteiger partial charge in [0.25, 0.3) is 11.8 Å². The molecule has 0 bridgehead atoms. The van der Waals surface area contributed by atoms with Crippen molar-refractivity contribution in [3.63, 3.8) is 0 Å². The number of hydrogen-bond donors (Lipinski definition) is 3. The molecule has 4 rings (SSSR count). The smallest absolute Gasteiger partial charge is 0.329 e. The molecule has 3 N–H and O–H groups in total. The number of unbranched alkanes of at least 4 members (excludes halogenated alkanes) is 1. The first kappa shape index (κ1) is 23.7. The van der Waals surface area contributed by atoms with Gasteiger partial charge >= 0.3 is 5.97 Å². The number of aromatic nitrogens is 1. The Morgan fingerprint density at radius 3 is 2.51 bits per heavy atom. The number of methoxy groups -OCH3 is 1. The summed E-state index contributed by atoms with van der Waals surface area (Å²) >= 11 is 0. The first-order valence-electron chi connectivity index (χ1n) is 11.0. The predicted octanol–water partition coefficient (Wildman–Crippen LogP) is 2.58. The number of ether oxygens (including phenoxy) is 1. The number of amides is 3. The fourth-order valence-electron chi connectivity index (χ4n) is 4.11. The van der Waals surface area contributed by atoms with E-state index in [2.05, 4.69) is 16.8 Å². The highest BCUT2D eigenvalue weighted by molar-refractivity contribution is 6.22. The zero-order valence-corrected chi connectivity index (χ0v) is 19.0. The van der Waals surface area contributed by atoms with Gasteiger partial charge in [0.2, 0.25) is 5.91 Å². The number of rotatable bonds is 7. The molecule has 0 fully saturated rings. The minimum Gasteiger partial charge on any atom is -0.467 e. The van der Waals surface area contributed by atoms with E-state index in [1.807, 2.05) is 18.2 Å². The summed E-state index contributed by atoms with van der Waals surface area (Å²) in [5.74, 6) is 3.87. The lowest BCUT2D eigenvalue weighted by molar-refractivity contribution is -0.145. The maximum absolute atomic E-state index is 12.9. The number of benzene rings is 2. The number of imide groups is 1. The number of H-pyrrole nitrogens is 1. The number of hydroxylamine groups is 1. The standard InChI is InChI=1S/C26H23N3O6/c1-35-26(33)22(29-24(31)19-8-5-6-9-20(19)25(29)32)14-17-15-27-21-13-16(11-12-18(17)21)7-3-2-4-10-23(30)28-34/h5-6,8-9,11-13,15,22,27,34H,2,4,10,14H2,1H3,(H,28,30)/t22-/m0/s1. The molecule has 35 heavy (non-hydrogen) atoms. The number of nitrogens with one attached hydrogen (secondary N) is 2. The number of aromatic amines is 1. The summed E-state index contributed by atoms with van der Waals surface area (Å²) < 4.78 is 4.93. The van der Waals surface area contributed by atoms with Crippen molar-refractivity contribution in [2.24, 2.45) is 0 Å². The molecule has 1 aliphatic rings. The van der Waals surface area contributed by atoms with Crippen molar-refractivity contribution in [1.82, 2.24) is 15.4 Å². The van der Waals surface area contributed by atoms with Crippen LogP contribution in [-0.2, 0) is 20.7 Å². The Morgan fingerprint density at radius 2 is 1.86 bits per heavy atom. The number of fused-ring (bicyclic) bond motifs is 2. The summed E-state index contributed by atoms with van der Waals surface area (Å²) in [6.07, 6.45) is 3.06. The van der Waals surface area contributed by atoms with Crippen LogP contribution in [0.1, 0.15) is 51.1 Å². The van der Waals surface area contributed by atoms with E-state index in [9.17, 15) is 19.2 Å². The molecule has 2 heterocycles. The van der Waals surface area contributed by atoms with Crippen LogP contribution in [0.3, 0.4) is 0 Å². The van der Waals surface area contributed by atoms with Crippen LogP contribution in [0.5, 0.6) is 0 Å². The van der Waals surface area contributed by atoms with Crippen LogP contribution in [0.15, 0.2) is 48.7 Å². The Morgan fingerprint density at radius 1 is 1.14 bits per heavy atom. The third kappa shape index (κ3) is 4.78. The molecule has 3 aromatic rings. The zero-order chi connectivity index (χ0) is 24.9. The van der Waals surface area contributed by atoms with Gasteiger partial charge in [-0.25, -0.2) is 10.3 Å². The molecule has 1 atom stereocenters. The van der Waals surface area contributed by atoms with E-state index < -0.39 is 29.7 Å². The second-order valence-corrected chi connectivity index (χ2v) is 8.03. The SMILES string of the molecule is COC(=O)[C@H](Cc1c[nH]c2cc(C#CCCCC(=O)NO)ccc12)N1C(=O)c2ccccc2C1=O. The van der Waals surface area contributed by atoms with Crippen molar-refractivity contribution in [2.75, 3.05) is 7.11 Å². The Bertz CT molecular complexity index is 1350. The van der Waals surface area contributed by atoms with Crippen LogP contribution < -0.4 is 5.48 Å². The lowest BCUT2D eigenvalue weighted by Crippen LogP contribution is -2.46. The topological polar surface area (TPSA) is 129 Å². The van der Waals surface area contributed by atoms with Crippen molar-refractivity contribution in [1.29, 1.82) is 0 Å². The van der Waals surface area contributed by atoms with Crippen LogP contribution in [0, 0.1) is 11.8 Å². The van der Waals surface area contributed by atoms with Gasteiger partial charge in [-0.05, 0) is 36.2 Å². The second-order valence-electron chi connectivity index (χ2n) is 8.03. The second kappa shape index (κ2) is 10.2. The van der Waals surface area contributed by atoms with E-state index in [-0.39, 0.29) is 24.0 Å². The monoisotopic (exact) mass is 473 g/mol. The van der Waals surface area contributed by atoms with Crippen LogP contribution >= 0.6 is 0 Å². The normalized spacial score (nSPS) is 13.3. The molecule has 0 aliphatic carbocycles. The van der Waals surface area contributed by atoms with Gasteiger partial charge < -0.3 is 9.72 Å². The fourth-order valence-corrected chi connectivity index (χ4v) is 4.11. The summed E-state index contributed by atoms with van der Waals surface area (Å²) in [4.78, 5) is 53.7. The largest absolute Gasteiger partial charge is 0.467 e. The molecule has 0 unspecified atom stereocenters. The molecular formula is C26H23N3O6. The van der Waals surface area contributed by atoms with Crippen molar-refractivity contribution in [3.8, 4) is 11.8 Å². The van der Waals surface area contributed by atoms with Crippen LogP contribution in [0.4, 0.5) is 0 Å². The third-order valence-corrected chi connectivity index (χ3v) is 5.85. The van der Waals surface area contributed by atoms with Crippen molar-refractivity contribution < 1.29 is 29.1 Å². The molecule has 3 amide bonds. The fraction of sp³-hybridized carbons (Fsp3) is 0.231. The average Bonchev–Trinajstić information content (AvgIpc) is 3.39. The predicted molar refractivity (Wildman–Crippen MR) is 125 cm³/mol. The quantitative estimate of drug-likeness (QED) is 0.121. The summed E-state index contributed by atoms with van der Waals surface area (Å²) in [6, 6.07) is 10.9. The molecule has 9 nitrogen and oxygen atoms in total. The highest BCUT2D eigenvalue weighted by Gasteiger charge is 2.43. The van der Waals surface area contributed by atoms with Gasteiger partial charge in [0.15, 0.2) is 0 Å². The van der Waals surface area contributed by atoms with E-state index in [1.165, 1.54) is 7.11 Å². The molecule has 1 aromatic heterocycles. The van der Waals surface area contributed by atoms with Gasteiger partial charge in [0, 0.05) is 41.9 Å². The van der Waals surface area contributed by atoms with Gasteiger partial charge in [-0.15, -0.1) is 0 Å². The number of carbonyl (C=O) groups is 4. The number of esters is 1. The van der Waals surface area contributed by atoms with Crippen LogP contribution in [0.25, 0.3) is 10.9 Å².